The summed E-state index contributed by atoms with van der Waals surface area (Å²) in [7, 11) is 0. The number of halogens is 1. The molecule has 0 aliphatic carbocycles. The van der Waals surface area contributed by atoms with E-state index >= 15 is 0 Å². The fourth-order valence-electron chi connectivity index (χ4n) is 2.65. The number of carbonyl (C=O) groups excluding carboxylic acids is 1. The predicted molar refractivity (Wildman–Crippen MR) is 88.2 cm³/mol. The first-order chi connectivity index (χ1) is 10.3. The van der Waals surface area contributed by atoms with Gasteiger partial charge in [0.25, 0.3) is 0 Å². The van der Waals surface area contributed by atoms with Crippen molar-refractivity contribution in [3.63, 3.8) is 0 Å². The second-order valence-corrected chi connectivity index (χ2v) is 5.31. The number of rotatable bonds is 4. The molecule has 0 bridgehead atoms. The first kappa shape index (κ1) is 13.8. The summed E-state index contributed by atoms with van der Waals surface area (Å²) in [6.45, 7) is 0. The molecule has 3 aromatic rings. The molecule has 0 aromatic heterocycles. The maximum atomic E-state index is 12.7. The molecular weight excluding hydrogens is 280 g/mol. The molecule has 0 amide bonds. The average molecular weight is 295 g/mol. The molecule has 1 atom stereocenters. The number of hydrogen-bond acceptors (Lipinski definition) is 1. The smallest absolute Gasteiger partial charge is 0.171 e. The first-order valence-electron chi connectivity index (χ1n) is 6.94. The lowest BCUT2D eigenvalue weighted by molar-refractivity contribution is 0.0968. The third kappa shape index (κ3) is 2.70. The van der Waals surface area contributed by atoms with Crippen molar-refractivity contribution in [2.75, 3.05) is 5.88 Å². The molecule has 3 aromatic carbocycles. The number of benzene rings is 3. The zero-order valence-corrected chi connectivity index (χ0v) is 12.3. The zero-order chi connectivity index (χ0) is 14.7. The maximum absolute atomic E-state index is 12.7. The van der Waals surface area contributed by atoms with E-state index in [-0.39, 0.29) is 17.6 Å². The molecule has 2 heteroatoms. The highest BCUT2D eigenvalue weighted by atomic mass is 35.5. The summed E-state index contributed by atoms with van der Waals surface area (Å²) in [6.07, 6.45) is 0. The molecule has 0 spiro atoms. The Hall–Kier alpha value is -2.12. The van der Waals surface area contributed by atoms with Gasteiger partial charge in [-0.15, -0.1) is 11.6 Å². The van der Waals surface area contributed by atoms with Crippen LogP contribution in [0.4, 0.5) is 0 Å². The third-order valence-electron chi connectivity index (χ3n) is 3.73. The van der Waals surface area contributed by atoms with Crippen LogP contribution in [0.25, 0.3) is 10.8 Å². The van der Waals surface area contributed by atoms with Crippen molar-refractivity contribution in [1.82, 2.24) is 0 Å². The molecule has 0 saturated carbocycles. The summed E-state index contributed by atoms with van der Waals surface area (Å²) in [4.78, 5) is 12.7. The lowest BCUT2D eigenvalue weighted by Crippen LogP contribution is -2.15. The van der Waals surface area contributed by atoms with Gasteiger partial charge in [-0.05, 0) is 16.3 Å². The van der Waals surface area contributed by atoms with E-state index in [1.807, 2.05) is 60.7 Å². The van der Waals surface area contributed by atoms with Crippen LogP contribution in [0.15, 0.2) is 72.8 Å². The minimum absolute atomic E-state index is 0.0713. The van der Waals surface area contributed by atoms with E-state index in [0.717, 1.165) is 16.3 Å². The topological polar surface area (TPSA) is 17.1 Å². The Morgan fingerprint density at radius 1 is 0.857 bits per heavy atom. The van der Waals surface area contributed by atoms with Gasteiger partial charge in [0.1, 0.15) is 0 Å². The van der Waals surface area contributed by atoms with Gasteiger partial charge in [0.2, 0.25) is 0 Å². The summed E-state index contributed by atoms with van der Waals surface area (Å²) in [6, 6.07) is 23.5. The SMILES string of the molecule is O=C(c1ccccc1)C(CCl)c1cccc2ccccc12. The second-order valence-electron chi connectivity index (χ2n) is 5.01. The van der Waals surface area contributed by atoms with Gasteiger partial charge in [0.05, 0.1) is 5.92 Å². The Bertz CT molecular complexity index is 759. The fourth-order valence-corrected chi connectivity index (χ4v) is 2.96. The fraction of sp³-hybridized carbons (Fsp3) is 0.105. The van der Waals surface area contributed by atoms with Gasteiger partial charge in [-0.2, -0.15) is 0 Å². The minimum Gasteiger partial charge on any atom is -0.293 e. The number of alkyl halides is 1. The Kier molecular flexibility index (Phi) is 4.03. The molecule has 1 unspecified atom stereocenters. The molecule has 0 aliphatic rings. The van der Waals surface area contributed by atoms with Gasteiger partial charge in [0, 0.05) is 11.4 Å². The largest absolute Gasteiger partial charge is 0.293 e. The van der Waals surface area contributed by atoms with E-state index in [0.29, 0.717) is 5.56 Å². The summed E-state index contributed by atoms with van der Waals surface area (Å²) < 4.78 is 0. The van der Waals surface area contributed by atoms with Crippen LogP contribution in [0.5, 0.6) is 0 Å². The second kappa shape index (κ2) is 6.11. The van der Waals surface area contributed by atoms with Crippen LogP contribution in [0, 0.1) is 0 Å². The Morgan fingerprint density at radius 2 is 1.52 bits per heavy atom. The third-order valence-corrected chi connectivity index (χ3v) is 4.04. The highest BCUT2D eigenvalue weighted by molar-refractivity contribution is 6.21. The van der Waals surface area contributed by atoms with E-state index in [9.17, 15) is 4.79 Å². The number of ketones is 1. The van der Waals surface area contributed by atoms with Gasteiger partial charge in [0.15, 0.2) is 5.78 Å². The van der Waals surface area contributed by atoms with Gasteiger partial charge in [-0.25, -0.2) is 0 Å². The predicted octanol–water partition coefficient (Wildman–Crippen LogP) is 5.05. The Morgan fingerprint density at radius 3 is 2.29 bits per heavy atom. The van der Waals surface area contributed by atoms with Crippen molar-refractivity contribution < 1.29 is 4.79 Å². The summed E-state index contributed by atoms with van der Waals surface area (Å²) >= 11 is 6.13. The van der Waals surface area contributed by atoms with Crippen LogP contribution in [0.3, 0.4) is 0 Å². The van der Waals surface area contributed by atoms with E-state index in [2.05, 4.69) is 12.1 Å². The minimum atomic E-state index is -0.319. The van der Waals surface area contributed by atoms with Crippen molar-refractivity contribution in [1.29, 1.82) is 0 Å². The van der Waals surface area contributed by atoms with Crippen LogP contribution in [0.1, 0.15) is 21.8 Å². The molecule has 0 saturated heterocycles. The number of hydrogen-bond donors (Lipinski definition) is 0. The highest BCUT2D eigenvalue weighted by Crippen LogP contribution is 2.29. The van der Waals surface area contributed by atoms with Gasteiger partial charge < -0.3 is 0 Å². The van der Waals surface area contributed by atoms with Crippen LogP contribution in [-0.4, -0.2) is 11.7 Å². The van der Waals surface area contributed by atoms with E-state index in [1.165, 1.54) is 0 Å². The molecule has 104 valence electrons. The molecule has 21 heavy (non-hydrogen) atoms. The normalized spacial score (nSPS) is 12.2. The van der Waals surface area contributed by atoms with E-state index in [1.54, 1.807) is 0 Å². The lowest BCUT2D eigenvalue weighted by Gasteiger charge is -2.16. The lowest BCUT2D eigenvalue weighted by atomic mass is 9.89. The molecule has 0 heterocycles. The molecule has 0 N–H and O–H groups in total. The van der Waals surface area contributed by atoms with Crippen molar-refractivity contribution in [3.8, 4) is 0 Å². The quantitative estimate of drug-likeness (QED) is 0.486. The van der Waals surface area contributed by atoms with Gasteiger partial charge in [-0.1, -0.05) is 72.8 Å². The zero-order valence-electron chi connectivity index (χ0n) is 11.5. The van der Waals surface area contributed by atoms with Crippen molar-refractivity contribution in [2.45, 2.75) is 5.92 Å². The van der Waals surface area contributed by atoms with E-state index in [4.69, 9.17) is 11.6 Å². The molecule has 0 aliphatic heterocycles. The van der Waals surface area contributed by atoms with Crippen LogP contribution < -0.4 is 0 Å². The highest BCUT2D eigenvalue weighted by Gasteiger charge is 2.22. The standard InChI is InChI=1S/C19H15ClO/c20-13-18(19(21)15-8-2-1-3-9-15)17-12-6-10-14-7-4-5-11-16(14)17/h1-12,18H,13H2. The van der Waals surface area contributed by atoms with Crippen LogP contribution in [-0.2, 0) is 0 Å². The molecule has 0 radical (unpaired) electrons. The number of Topliss-reactive ketones (excluding diaryl/α,β-unsaturated/α-hetero) is 1. The number of fused-ring (bicyclic) bond motifs is 1. The molecule has 0 fully saturated rings. The van der Waals surface area contributed by atoms with Crippen LogP contribution in [0.2, 0.25) is 0 Å². The summed E-state index contributed by atoms with van der Waals surface area (Å²) in [5, 5.41) is 2.22. The summed E-state index contributed by atoms with van der Waals surface area (Å²) in [5.74, 6) is 0.0315. The van der Waals surface area contributed by atoms with Crippen molar-refractivity contribution >= 4 is 28.2 Å². The number of carbonyl (C=O) groups is 1. The summed E-state index contributed by atoms with van der Waals surface area (Å²) in [5.41, 5.74) is 1.70. The maximum Gasteiger partial charge on any atom is 0.171 e. The molecule has 1 nitrogen and oxygen atoms in total. The van der Waals surface area contributed by atoms with Crippen molar-refractivity contribution in [2.24, 2.45) is 0 Å². The first-order valence-corrected chi connectivity index (χ1v) is 7.47. The van der Waals surface area contributed by atoms with E-state index < -0.39 is 0 Å². The van der Waals surface area contributed by atoms with Crippen molar-refractivity contribution in [3.05, 3.63) is 83.9 Å². The molecular formula is C19H15ClO. The Balaban J connectivity index is 2.09. The van der Waals surface area contributed by atoms with Gasteiger partial charge in [-0.3, -0.25) is 4.79 Å². The average Bonchev–Trinajstić information content (AvgIpc) is 2.56. The molecule has 3 rings (SSSR count). The van der Waals surface area contributed by atoms with Gasteiger partial charge >= 0.3 is 0 Å². The Labute approximate surface area is 129 Å². The van der Waals surface area contributed by atoms with Crippen LogP contribution >= 0.6 is 11.6 Å². The monoisotopic (exact) mass is 294 g/mol.